The monoisotopic (exact) mass is 278 g/mol. The van der Waals surface area contributed by atoms with Crippen LogP contribution in [0.15, 0.2) is 0 Å². The van der Waals surface area contributed by atoms with Crippen molar-refractivity contribution in [2.75, 3.05) is 13.1 Å². The normalized spacial score (nSPS) is 32.9. The highest BCUT2D eigenvalue weighted by Gasteiger charge is 2.47. The van der Waals surface area contributed by atoms with E-state index in [0.29, 0.717) is 17.0 Å². The molecule has 116 valence electrons. The summed E-state index contributed by atoms with van der Waals surface area (Å²) in [7, 11) is 0. The summed E-state index contributed by atoms with van der Waals surface area (Å²) in [6.45, 7) is 9.72. The van der Waals surface area contributed by atoms with Gasteiger partial charge >= 0.3 is 0 Å². The number of hydrogen-bond acceptors (Lipinski definition) is 2. The van der Waals surface area contributed by atoms with Gasteiger partial charge in [-0.25, -0.2) is 0 Å². The highest BCUT2D eigenvalue weighted by atomic mass is 15.3. The van der Waals surface area contributed by atoms with Gasteiger partial charge in [-0.05, 0) is 31.1 Å². The van der Waals surface area contributed by atoms with Gasteiger partial charge in [0.05, 0.1) is 0 Å². The van der Waals surface area contributed by atoms with Crippen molar-refractivity contribution in [1.29, 1.82) is 0 Å². The minimum absolute atomic E-state index is 0.382. The fourth-order valence-electron chi connectivity index (χ4n) is 4.88. The molecule has 2 nitrogen and oxygen atoms in total. The van der Waals surface area contributed by atoms with E-state index in [2.05, 4.69) is 31.0 Å². The van der Waals surface area contributed by atoms with Gasteiger partial charge in [0.25, 0.3) is 0 Å². The van der Waals surface area contributed by atoms with Gasteiger partial charge in [-0.1, -0.05) is 52.9 Å². The van der Waals surface area contributed by atoms with Crippen LogP contribution < -0.4 is 5.32 Å². The van der Waals surface area contributed by atoms with Crippen LogP contribution >= 0.6 is 0 Å². The molecule has 1 spiro atoms. The van der Waals surface area contributed by atoms with Gasteiger partial charge in [-0.15, -0.1) is 0 Å². The van der Waals surface area contributed by atoms with E-state index in [1.165, 1.54) is 70.9 Å². The average molecular weight is 278 g/mol. The number of nitrogens with zero attached hydrogens (tertiary/aromatic N) is 1. The minimum Gasteiger partial charge on any atom is -0.310 e. The van der Waals surface area contributed by atoms with Crippen molar-refractivity contribution in [3.05, 3.63) is 0 Å². The smallest absolute Gasteiger partial charge is 0.0337 e. The zero-order chi connectivity index (χ0) is 14.2. The Kier molecular flexibility index (Phi) is 4.16. The number of piperazine rings is 1. The van der Waals surface area contributed by atoms with Gasteiger partial charge in [0, 0.05) is 30.7 Å². The van der Waals surface area contributed by atoms with Gasteiger partial charge in [-0.3, -0.25) is 4.90 Å². The molecule has 2 heteroatoms. The Morgan fingerprint density at radius 3 is 2.20 bits per heavy atom. The van der Waals surface area contributed by atoms with E-state index in [4.69, 9.17) is 0 Å². The molecular weight excluding hydrogens is 244 g/mol. The predicted molar refractivity (Wildman–Crippen MR) is 86.0 cm³/mol. The molecular formula is C18H34N2. The Hall–Kier alpha value is -0.0800. The Morgan fingerprint density at radius 1 is 0.950 bits per heavy atom. The second-order valence-electron chi connectivity index (χ2n) is 8.68. The summed E-state index contributed by atoms with van der Waals surface area (Å²) in [6.07, 6.45) is 13.1. The van der Waals surface area contributed by atoms with E-state index < -0.39 is 0 Å². The molecule has 1 aliphatic heterocycles. The first-order valence-electron chi connectivity index (χ1n) is 9.01. The topological polar surface area (TPSA) is 15.3 Å². The molecule has 20 heavy (non-hydrogen) atoms. The maximum absolute atomic E-state index is 3.93. The molecule has 0 aromatic heterocycles. The van der Waals surface area contributed by atoms with Crippen LogP contribution in [-0.2, 0) is 0 Å². The summed E-state index contributed by atoms with van der Waals surface area (Å²) < 4.78 is 0. The largest absolute Gasteiger partial charge is 0.310 e. The lowest BCUT2D eigenvalue weighted by Crippen LogP contribution is -2.69. The lowest BCUT2D eigenvalue weighted by molar-refractivity contribution is -0.0376. The first kappa shape index (κ1) is 14.8. The maximum Gasteiger partial charge on any atom is 0.0337 e. The highest BCUT2D eigenvalue weighted by molar-refractivity contribution is 5.05. The van der Waals surface area contributed by atoms with Crippen LogP contribution in [0.3, 0.4) is 0 Å². The SMILES string of the molecule is CC(C)(C)C1CN(C2CCCC2)C2(CCCCC2)CN1. The van der Waals surface area contributed by atoms with Crippen molar-refractivity contribution in [2.24, 2.45) is 5.41 Å². The Labute approximate surface area is 125 Å². The van der Waals surface area contributed by atoms with E-state index in [9.17, 15) is 0 Å². The summed E-state index contributed by atoms with van der Waals surface area (Å²) in [5.74, 6) is 0. The maximum atomic E-state index is 3.93. The molecule has 1 saturated heterocycles. The molecule has 2 saturated carbocycles. The lowest BCUT2D eigenvalue weighted by atomic mass is 9.74. The van der Waals surface area contributed by atoms with Gasteiger partial charge in [0.2, 0.25) is 0 Å². The van der Waals surface area contributed by atoms with Crippen molar-refractivity contribution in [3.8, 4) is 0 Å². The van der Waals surface area contributed by atoms with Crippen LogP contribution in [0.5, 0.6) is 0 Å². The molecule has 1 N–H and O–H groups in total. The number of rotatable bonds is 1. The molecule has 1 heterocycles. The van der Waals surface area contributed by atoms with Crippen LogP contribution in [0.2, 0.25) is 0 Å². The Bertz CT molecular complexity index is 319. The fraction of sp³-hybridized carbons (Fsp3) is 1.00. The average Bonchev–Trinajstić information content (AvgIpc) is 2.92. The molecule has 0 bridgehead atoms. The molecule has 0 radical (unpaired) electrons. The third-order valence-corrected chi connectivity index (χ3v) is 6.26. The van der Waals surface area contributed by atoms with Crippen LogP contribution in [0.4, 0.5) is 0 Å². The van der Waals surface area contributed by atoms with E-state index in [1.807, 2.05) is 0 Å². The van der Waals surface area contributed by atoms with Crippen molar-refractivity contribution in [2.45, 2.75) is 96.2 Å². The van der Waals surface area contributed by atoms with Crippen molar-refractivity contribution in [3.63, 3.8) is 0 Å². The van der Waals surface area contributed by atoms with E-state index >= 15 is 0 Å². The number of hydrogen-bond donors (Lipinski definition) is 1. The van der Waals surface area contributed by atoms with Crippen LogP contribution in [0, 0.1) is 5.41 Å². The quantitative estimate of drug-likeness (QED) is 0.781. The third kappa shape index (κ3) is 2.78. The first-order valence-corrected chi connectivity index (χ1v) is 9.01. The molecule has 1 unspecified atom stereocenters. The molecule has 1 atom stereocenters. The summed E-state index contributed by atoms with van der Waals surface area (Å²) in [5.41, 5.74) is 0.891. The van der Waals surface area contributed by atoms with Gasteiger partial charge < -0.3 is 5.32 Å². The minimum atomic E-state index is 0.382. The molecule has 0 aromatic rings. The van der Waals surface area contributed by atoms with Crippen LogP contribution in [0.25, 0.3) is 0 Å². The molecule has 3 rings (SSSR count). The summed E-state index contributed by atoms with van der Waals surface area (Å²) in [4.78, 5) is 2.99. The second-order valence-corrected chi connectivity index (χ2v) is 8.68. The lowest BCUT2D eigenvalue weighted by Gasteiger charge is -2.56. The van der Waals surface area contributed by atoms with Crippen molar-refractivity contribution >= 4 is 0 Å². The van der Waals surface area contributed by atoms with Gasteiger partial charge in [0.15, 0.2) is 0 Å². The summed E-state index contributed by atoms with van der Waals surface area (Å²) in [5, 5.41) is 3.93. The van der Waals surface area contributed by atoms with E-state index in [-0.39, 0.29) is 0 Å². The fourth-order valence-corrected chi connectivity index (χ4v) is 4.88. The summed E-state index contributed by atoms with van der Waals surface area (Å²) >= 11 is 0. The molecule has 3 aliphatic rings. The van der Waals surface area contributed by atoms with Gasteiger partial charge in [-0.2, -0.15) is 0 Å². The standard InChI is InChI=1S/C18H34N2/c1-17(2,3)16-13-20(15-9-5-6-10-15)18(14-19-16)11-7-4-8-12-18/h15-16,19H,4-14H2,1-3H3. The second kappa shape index (κ2) is 5.61. The van der Waals surface area contributed by atoms with Crippen LogP contribution in [0.1, 0.15) is 78.6 Å². The van der Waals surface area contributed by atoms with Gasteiger partial charge in [0.1, 0.15) is 0 Å². The molecule has 2 aliphatic carbocycles. The van der Waals surface area contributed by atoms with Crippen molar-refractivity contribution in [1.82, 2.24) is 10.2 Å². The zero-order valence-electron chi connectivity index (χ0n) is 13.9. The Morgan fingerprint density at radius 2 is 1.60 bits per heavy atom. The van der Waals surface area contributed by atoms with E-state index in [1.54, 1.807) is 0 Å². The molecule has 3 fully saturated rings. The summed E-state index contributed by atoms with van der Waals surface area (Å²) in [6, 6.07) is 1.55. The zero-order valence-corrected chi connectivity index (χ0v) is 13.9. The van der Waals surface area contributed by atoms with Crippen molar-refractivity contribution < 1.29 is 0 Å². The van der Waals surface area contributed by atoms with Crippen LogP contribution in [-0.4, -0.2) is 35.6 Å². The molecule has 0 aromatic carbocycles. The predicted octanol–water partition coefficient (Wildman–Crippen LogP) is 3.95. The Balaban J connectivity index is 1.79. The van der Waals surface area contributed by atoms with E-state index in [0.717, 1.165) is 6.04 Å². The third-order valence-electron chi connectivity index (χ3n) is 6.26. The highest BCUT2D eigenvalue weighted by Crippen LogP contribution is 2.41. The molecule has 0 amide bonds. The number of nitrogens with one attached hydrogen (secondary N) is 1. The first-order chi connectivity index (χ1) is 9.51.